The summed E-state index contributed by atoms with van der Waals surface area (Å²) in [6.45, 7) is 0. The Morgan fingerprint density at radius 1 is 0.630 bits per heavy atom. The van der Waals surface area contributed by atoms with Crippen molar-refractivity contribution in [2.75, 3.05) is 0 Å². The van der Waals surface area contributed by atoms with Crippen LogP contribution in [-0.4, -0.2) is 9.97 Å². The highest BCUT2D eigenvalue weighted by atomic mass is 14.8. The average molecular weight is 348 g/mol. The summed E-state index contributed by atoms with van der Waals surface area (Å²) in [5.74, 6) is 2.86. The van der Waals surface area contributed by atoms with Crippen LogP contribution < -0.4 is 0 Å². The Labute approximate surface area is 158 Å². The monoisotopic (exact) mass is 348 g/mol. The summed E-state index contributed by atoms with van der Waals surface area (Å²) < 4.78 is 0. The zero-order chi connectivity index (χ0) is 17.5. The normalized spacial score (nSPS) is 27.6. The lowest BCUT2D eigenvalue weighted by Crippen LogP contribution is -2.12. The minimum Gasteiger partial charge on any atom is -0.253 e. The van der Waals surface area contributed by atoms with Gasteiger partial charge >= 0.3 is 0 Å². The van der Waals surface area contributed by atoms with E-state index in [1.807, 2.05) is 0 Å². The predicted molar refractivity (Wildman–Crippen MR) is 108 cm³/mol. The van der Waals surface area contributed by atoms with Gasteiger partial charge in [-0.05, 0) is 78.3 Å². The molecule has 0 unspecified atom stereocenters. The smallest absolute Gasteiger partial charge is 0.0705 e. The van der Waals surface area contributed by atoms with Crippen LogP contribution in [-0.2, 0) is 12.8 Å². The van der Waals surface area contributed by atoms with Crippen molar-refractivity contribution in [3.63, 3.8) is 0 Å². The van der Waals surface area contributed by atoms with E-state index in [2.05, 4.69) is 60.7 Å². The van der Waals surface area contributed by atoms with Crippen molar-refractivity contribution < 1.29 is 0 Å². The highest BCUT2D eigenvalue weighted by Gasteiger charge is 2.52. The lowest BCUT2D eigenvalue weighted by atomic mass is 9.88. The molecule has 2 heteroatoms. The van der Waals surface area contributed by atoms with Crippen LogP contribution >= 0.6 is 0 Å². The van der Waals surface area contributed by atoms with Gasteiger partial charge in [0.1, 0.15) is 0 Å². The van der Waals surface area contributed by atoms with E-state index in [1.54, 1.807) is 0 Å². The Kier molecular flexibility index (Phi) is 2.63. The molecule has 7 rings (SSSR count). The number of hydrogen-bond donors (Lipinski definition) is 0. The zero-order valence-corrected chi connectivity index (χ0v) is 15.1. The number of pyridine rings is 2. The van der Waals surface area contributed by atoms with Gasteiger partial charge in [-0.15, -0.1) is 0 Å². The first-order valence-corrected chi connectivity index (χ1v) is 10.1. The standard InChI is InChI=1S/C25H20N2/c1-3-7-22-14(5-1)9-20-16-11-17-19(18(16)12-24(20)26-22)13-25-21(17)10-15-6-2-4-8-23(15)27-25/h1-10,16-19H,11-13H2/t16-,17+,18-,19+. The molecule has 4 atom stereocenters. The highest BCUT2D eigenvalue weighted by molar-refractivity contribution is 5.81. The molecule has 2 aromatic heterocycles. The van der Waals surface area contributed by atoms with Crippen molar-refractivity contribution in [1.82, 2.24) is 9.97 Å². The maximum absolute atomic E-state index is 5.03. The molecule has 0 radical (unpaired) electrons. The summed E-state index contributed by atoms with van der Waals surface area (Å²) in [5.41, 5.74) is 8.07. The van der Waals surface area contributed by atoms with Crippen LogP contribution in [0.2, 0.25) is 0 Å². The van der Waals surface area contributed by atoms with Crippen LogP contribution in [0.3, 0.4) is 0 Å². The molecule has 3 aliphatic carbocycles. The van der Waals surface area contributed by atoms with Crippen molar-refractivity contribution in [2.24, 2.45) is 11.8 Å². The first-order valence-electron chi connectivity index (χ1n) is 10.1. The Morgan fingerprint density at radius 2 is 1.11 bits per heavy atom. The second kappa shape index (κ2) is 4.95. The molecule has 3 aliphatic rings. The van der Waals surface area contributed by atoms with Gasteiger partial charge in [0.05, 0.1) is 11.0 Å². The van der Waals surface area contributed by atoms with E-state index >= 15 is 0 Å². The van der Waals surface area contributed by atoms with Crippen molar-refractivity contribution in [3.8, 4) is 0 Å². The minimum absolute atomic E-state index is 0.687. The number of fused-ring (bicyclic) bond motifs is 9. The molecule has 0 aliphatic heterocycles. The van der Waals surface area contributed by atoms with Gasteiger partial charge in [-0.2, -0.15) is 0 Å². The van der Waals surface area contributed by atoms with E-state index in [-0.39, 0.29) is 0 Å². The molecule has 4 aromatic rings. The van der Waals surface area contributed by atoms with Crippen LogP contribution in [0.4, 0.5) is 0 Å². The average Bonchev–Trinajstić information content (AvgIpc) is 3.33. The van der Waals surface area contributed by atoms with Crippen molar-refractivity contribution in [2.45, 2.75) is 31.1 Å². The van der Waals surface area contributed by atoms with Crippen LogP contribution in [0.15, 0.2) is 60.7 Å². The topological polar surface area (TPSA) is 25.8 Å². The summed E-state index contributed by atoms with van der Waals surface area (Å²) in [5, 5.41) is 2.59. The van der Waals surface area contributed by atoms with Crippen LogP contribution in [0.5, 0.6) is 0 Å². The molecule has 27 heavy (non-hydrogen) atoms. The maximum atomic E-state index is 5.03. The van der Waals surface area contributed by atoms with E-state index in [0.717, 1.165) is 35.7 Å². The molecule has 130 valence electrons. The molecule has 1 saturated carbocycles. The van der Waals surface area contributed by atoms with Gasteiger partial charge < -0.3 is 0 Å². The van der Waals surface area contributed by atoms with Gasteiger partial charge in [0.2, 0.25) is 0 Å². The molecule has 2 nitrogen and oxygen atoms in total. The minimum atomic E-state index is 0.687. The molecule has 0 spiro atoms. The van der Waals surface area contributed by atoms with Gasteiger partial charge in [0.15, 0.2) is 0 Å². The second-order valence-electron chi connectivity index (χ2n) is 8.62. The molecule has 0 N–H and O–H groups in total. The third kappa shape index (κ3) is 1.86. The summed E-state index contributed by atoms with van der Waals surface area (Å²) in [6, 6.07) is 22.0. The van der Waals surface area contributed by atoms with Crippen LogP contribution in [0.25, 0.3) is 21.8 Å². The number of para-hydroxylation sites is 2. The number of aromatic nitrogens is 2. The van der Waals surface area contributed by atoms with E-state index in [9.17, 15) is 0 Å². The lowest BCUT2D eigenvalue weighted by Gasteiger charge is -2.16. The largest absolute Gasteiger partial charge is 0.253 e. The van der Waals surface area contributed by atoms with Crippen molar-refractivity contribution in [3.05, 3.63) is 83.2 Å². The molecule has 2 heterocycles. The zero-order valence-electron chi connectivity index (χ0n) is 15.1. The van der Waals surface area contributed by atoms with Gasteiger partial charge in [-0.1, -0.05) is 36.4 Å². The van der Waals surface area contributed by atoms with E-state index in [4.69, 9.17) is 9.97 Å². The number of nitrogens with zero attached hydrogens (tertiary/aromatic N) is 2. The van der Waals surface area contributed by atoms with Gasteiger partial charge in [0, 0.05) is 22.2 Å². The summed E-state index contributed by atoms with van der Waals surface area (Å²) >= 11 is 0. The fraction of sp³-hybridized carbons (Fsp3) is 0.280. The maximum Gasteiger partial charge on any atom is 0.0705 e. The lowest BCUT2D eigenvalue weighted by molar-refractivity contribution is 0.373. The third-order valence-corrected chi connectivity index (χ3v) is 7.42. The number of rotatable bonds is 0. The summed E-state index contributed by atoms with van der Waals surface area (Å²) in [7, 11) is 0. The SMILES string of the molecule is c1ccc2nc3c(cc2c1)[C@H]1C[C@H]2c4cc5ccccc5nc4C[C@H]2[C@H]1C3. The molecule has 1 fully saturated rings. The van der Waals surface area contributed by atoms with Crippen molar-refractivity contribution in [1.29, 1.82) is 0 Å². The van der Waals surface area contributed by atoms with E-state index < -0.39 is 0 Å². The third-order valence-electron chi connectivity index (χ3n) is 7.42. The van der Waals surface area contributed by atoms with Gasteiger partial charge in [-0.25, -0.2) is 0 Å². The quantitative estimate of drug-likeness (QED) is 0.425. The Morgan fingerprint density at radius 3 is 1.63 bits per heavy atom. The Balaban J connectivity index is 1.33. The fourth-order valence-electron chi connectivity index (χ4n) is 6.28. The highest BCUT2D eigenvalue weighted by Crippen LogP contribution is 2.61. The second-order valence-corrected chi connectivity index (χ2v) is 8.62. The van der Waals surface area contributed by atoms with Crippen molar-refractivity contribution >= 4 is 21.8 Å². The molecular weight excluding hydrogens is 328 g/mol. The Hall–Kier alpha value is -2.74. The first kappa shape index (κ1) is 14.3. The fourth-order valence-corrected chi connectivity index (χ4v) is 6.28. The molecular formula is C25H20N2. The summed E-state index contributed by atoms with van der Waals surface area (Å²) in [4.78, 5) is 10.1. The van der Waals surface area contributed by atoms with E-state index in [1.165, 1.54) is 39.7 Å². The number of benzene rings is 2. The Bertz CT molecular complexity index is 1140. The van der Waals surface area contributed by atoms with Gasteiger partial charge in [-0.3, -0.25) is 9.97 Å². The predicted octanol–water partition coefficient (Wildman–Crippen LogP) is 5.40. The van der Waals surface area contributed by atoms with Crippen LogP contribution in [0, 0.1) is 11.8 Å². The van der Waals surface area contributed by atoms with E-state index in [0.29, 0.717) is 11.8 Å². The number of hydrogen-bond acceptors (Lipinski definition) is 2. The summed E-state index contributed by atoms with van der Waals surface area (Å²) in [6.07, 6.45) is 3.58. The molecule has 0 amide bonds. The molecule has 2 aromatic carbocycles. The van der Waals surface area contributed by atoms with Crippen LogP contribution in [0.1, 0.15) is 40.8 Å². The first-order chi connectivity index (χ1) is 13.3. The molecule has 0 bridgehead atoms. The molecule has 0 saturated heterocycles. The van der Waals surface area contributed by atoms with Gasteiger partial charge in [0.25, 0.3) is 0 Å².